The minimum absolute atomic E-state index is 0. The molecule has 2 atom stereocenters. The average Bonchev–Trinajstić information content (AvgIpc) is 3.52. The molecular weight excluding hydrogens is 483 g/mol. The van der Waals surface area contributed by atoms with Crippen LogP contribution < -0.4 is 20.7 Å². The van der Waals surface area contributed by atoms with Crippen molar-refractivity contribution in [1.82, 2.24) is 16.0 Å². The highest BCUT2D eigenvalue weighted by Crippen LogP contribution is 2.27. The van der Waals surface area contributed by atoms with Gasteiger partial charge in [0.15, 0.2) is 5.96 Å². The minimum atomic E-state index is 0. The highest BCUT2D eigenvalue weighted by Gasteiger charge is 2.31. The molecule has 2 aliphatic rings. The van der Waals surface area contributed by atoms with E-state index >= 15 is 0 Å². The van der Waals surface area contributed by atoms with Crippen molar-refractivity contribution in [1.29, 1.82) is 0 Å². The van der Waals surface area contributed by atoms with E-state index in [1.54, 1.807) is 20.2 Å². The summed E-state index contributed by atoms with van der Waals surface area (Å²) < 4.78 is 5.11. The van der Waals surface area contributed by atoms with Gasteiger partial charge in [0.25, 0.3) is 0 Å². The van der Waals surface area contributed by atoms with Crippen molar-refractivity contribution in [3.63, 3.8) is 0 Å². The van der Waals surface area contributed by atoms with Crippen molar-refractivity contribution in [3.05, 3.63) is 23.8 Å². The van der Waals surface area contributed by atoms with E-state index in [9.17, 15) is 9.90 Å². The molecule has 1 aromatic rings. The van der Waals surface area contributed by atoms with Gasteiger partial charge in [-0.3, -0.25) is 9.79 Å². The first kappa shape index (κ1) is 23.6. The molecule has 2 saturated carbocycles. The van der Waals surface area contributed by atoms with Gasteiger partial charge in [0, 0.05) is 37.7 Å². The predicted octanol–water partition coefficient (Wildman–Crippen LogP) is 2.56. The van der Waals surface area contributed by atoms with Crippen LogP contribution in [0.15, 0.2) is 23.2 Å². The maximum absolute atomic E-state index is 12.3. The quantitative estimate of drug-likeness (QED) is 0.254. The highest BCUT2D eigenvalue weighted by molar-refractivity contribution is 14.0. The number of carbonyl (C=O) groups excluding carboxylic acids is 1. The Labute approximate surface area is 190 Å². The third-order valence-corrected chi connectivity index (χ3v) is 5.51. The van der Waals surface area contributed by atoms with Gasteiger partial charge in [-0.25, -0.2) is 0 Å². The average molecular weight is 516 g/mol. The van der Waals surface area contributed by atoms with Crippen molar-refractivity contribution < 1.29 is 14.6 Å². The van der Waals surface area contributed by atoms with Crippen LogP contribution in [0.25, 0.3) is 0 Å². The predicted molar refractivity (Wildman–Crippen MR) is 125 cm³/mol. The SMILES string of the molecule is CN=C(NCCc1ccc(OC)cc1O)NC1CCCC(C(=O)NC2CC2)C1.I. The number of nitrogens with one attached hydrogen (secondary N) is 3. The van der Waals surface area contributed by atoms with Crippen LogP contribution in [0.2, 0.25) is 0 Å². The number of ether oxygens (including phenoxy) is 1. The molecular formula is C21H33IN4O3. The maximum atomic E-state index is 12.3. The lowest BCUT2D eigenvalue weighted by atomic mass is 9.85. The summed E-state index contributed by atoms with van der Waals surface area (Å²) in [6.07, 6.45) is 6.84. The fraction of sp³-hybridized carbons (Fsp3) is 0.619. The zero-order chi connectivity index (χ0) is 19.9. The minimum Gasteiger partial charge on any atom is -0.508 e. The molecule has 0 radical (unpaired) electrons. The van der Waals surface area contributed by atoms with Crippen molar-refractivity contribution in [3.8, 4) is 11.5 Å². The number of hydrogen-bond donors (Lipinski definition) is 4. The van der Waals surface area contributed by atoms with Crippen molar-refractivity contribution >= 4 is 35.8 Å². The van der Waals surface area contributed by atoms with Crippen LogP contribution in [0.1, 0.15) is 44.1 Å². The van der Waals surface area contributed by atoms with E-state index < -0.39 is 0 Å². The van der Waals surface area contributed by atoms with Gasteiger partial charge in [0.2, 0.25) is 5.91 Å². The molecule has 162 valence electrons. The standard InChI is InChI=1S/C21H32N4O3.HI/c1-22-21(23-11-10-14-6-9-18(28-2)13-19(14)26)25-17-5-3-4-15(12-17)20(27)24-16-7-8-16;/h6,9,13,15-17,26H,3-5,7-8,10-12H2,1-2H3,(H,24,27)(H2,22,23,25);1H. The molecule has 0 bridgehead atoms. The lowest BCUT2D eigenvalue weighted by Gasteiger charge is -2.30. The first-order valence-corrected chi connectivity index (χ1v) is 10.2. The number of benzene rings is 1. The summed E-state index contributed by atoms with van der Waals surface area (Å²) in [5.74, 6) is 1.93. The number of hydrogen-bond acceptors (Lipinski definition) is 4. The smallest absolute Gasteiger partial charge is 0.223 e. The number of halogens is 1. The molecule has 1 amide bonds. The van der Waals surface area contributed by atoms with Crippen molar-refractivity contribution in [2.45, 2.75) is 57.0 Å². The van der Waals surface area contributed by atoms with E-state index in [1.807, 2.05) is 12.1 Å². The molecule has 2 unspecified atom stereocenters. The zero-order valence-electron chi connectivity index (χ0n) is 17.2. The number of aromatic hydroxyl groups is 1. The lowest BCUT2D eigenvalue weighted by molar-refractivity contribution is -0.126. The highest BCUT2D eigenvalue weighted by atomic mass is 127. The molecule has 7 nitrogen and oxygen atoms in total. The summed E-state index contributed by atoms with van der Waals surface area (Å²) >= 11 is 0. The third-order valence-electron chi connectivity index (χ3n) is 5.51. The maximum Gasteiger partial charge on any atom is 0.223 e. The number of carbonyl (C=O) groups is 1. The van der Waals surface area contributed by atoms with Gasteiger partial charge in [-0.15, -0.1) is 24.0 Å². The molecule has 4 N–H and O–H groups in total. The van der Waals surface area contributed by atoms with Crippen LogP contribution in [0.4, 0.5) is 0 Å². The number of phenolic OH excluding ortho intramolecular Hbond substituents is 1. The summed E-state index contributed by atoms with van der Waals surface area (Å²) in [7, 11) is 3.33. The van der Waals surface area contributed by atoms with Crippen LogP contribution in [0.3, 0.4) is 0 Å². The zero-order valence-corrected chi connectivity index (χ0v) is 19.6. The van der Waals surface area contributed by atoms with Crippen LogP contribution in [-0.4, -0.2) is 49.8 Å². The molecule has 1 aromatic carbocycles. The van der Waals surface area contributed by atoms with Gasteiger partial charge in [-0.1, -0.05) is 12.5 Å². The van der Waals surface area contributed by atoms with Gasteiger partial charge < -0.3 is 25.8 Å². The molecule has 0 heterocycles. The molecule has 2 fully saturated rings. The van der Waals surface area contributed by atoms with E-state index in [0.29, 0.717) is 24.8 Å². The van der Waals surface area contributed by atoms with Crippen LogP contribution in [0.5, 0.6) is 11.5 Å². The van der Waals surface area contributed by atoms with Gasteiger partial charge in [0.1, 0.15) is 11.5 Å². The Morgan fingerprint density at radius 2 is 2.00 bits per heavy atom. The summed E-state index contributed by atoms with van der Waals surface area (Å²) in [5, 5.41) is 20.0. The van der Waals surface area contributed by atoms with Gasteiger partial charge in [-0.2, -0.15) is 0 Å². The second-order valence-electron chi connectivity index (χ2n) is 7.73. The molecule has 0 aromatic heterocycles. The number of phenols is 1. The van der Waals surface area contributed by atoms with E-state index in [-0.39, 0.29) is 47.6 Å². The molecule has 0 spiro atoms. The first-order valence-electron chi connectivity index (χ1n) is 10.2. The molecule has 2 aliphatic carbocycles. The Morgan fingerprint density at radius 1 is 1.21 bits per heavy atom. The fourth-order valence-corrected chi connectivity index (χ4v) is 3.69. The lowest BCUT2D eigenvalue weighted by Crippen LogP contribution is -2.47. The molecule has 29 heavy (non-hydrogen) atoms. The van der Waals surface area contributed by atoms with E-state index in [4.69, 9.17) is 4.74 Å². The molecule has 8 heteroatoms. The van der Waals surface area contributed by atoms with Gasteiger partial charge in [0.05, 0.1) is 7.11 Å². The fourth-order valence-electron chi connectivity index (χ4n) is 3.69. The number of nitrogens with zero attached hydrogens (tertiary/aromatic N) is 1. The topological polar surface area (TPSA) is 95.0 Å². The number of rotatable bonds is 7. The second-order valence-corrected chi connectivity index (χ2v) is 7.73. The van der Waals surface area contributed by atoms with Crippen molar-refractivity contribution in [2.24, 2.45) is 10.9 Å². The summed E-state index contributed by atoms with van der Waals surface area (Å²) in [6, 6.07) is 6.01. The Bertz CT molecular complexity index is 709. The summed E-state index contributed by atoms with van der Waals surface area (Å²) in [5.41, 5.74) is 0.859. The first-order chi connectivity index (χ1) is 13.6. The van der Waals surface area contributed by atoms with E-state index in [0.717, 1.165) is 50.0 Å². The second kappa shape index (κ2) is 11.5. The number of aliphatic imine (C=N–C) groups is 1. The Hall–Kier alpha value is -1.71. The normalized spacial score (nSPS) is 21.7. The third kappa shape index (κ3) is 7.24. The Kier molecular flexibility index (Phi) is 9.32. The van der Waals surface area contributed by atoms with E-state index in [2.05, 4.69) is 20.9 Å². The van der Waals surface area contributed by atoms with Crippen LogP contribution >= 0.6 is 24.0 Å². The Morgan fingerprint density at radius 3 is 2.66 bits per heavy atom. The monoisotopic (exact) mass is 516 g/mol. The van der Waals surface area contributed by atoms with Crippen molar-refractivity contribution in [2.75, 3.05) is 20.7 Å². The number of methoxy groups -OCH3 is 1. The van der Waals surface area contributed by atoms with Crippen LogP contribution in [-0.2, 0) is 11.2 Å². The molecule has 0 aliphatic heterocycles. The summed E-state index contributed by atoms with van der Waals surface area (Å²) in [4.78, 5) is 16.6. The summed E-state index contributed by atoms with van der Waals surface area (Å²) in [6.45, 7) is 0.651. The number of guanidine groups is 1. The van der Waals surface area contributed by atoms with E-state index in [1.165, 1.54) is 0 Å². The Balaban J connectivity index is 0.00000300. The largest absolute Gasteiger partial charge is 0.508 e. The van der Waals surface area contributed by atoms with Crippen LogP contribution in [0, 0.1) is 5.92 Å². The van der Waals surface area contributed by atoms with Gasteiger partial charge in [-0.05, 0) is 50.2 Å². The molecule has 0 saturated heterocycles. The van der Waals surface area contributed by atoms with Gasteiger partial charge >= 0.3 is 0 Å². The number of amides is 1. The molecule has 3 rings (SSSR count).